The Morgan fingerprint density at radius 3 is 2.36 bits per heavy atom. The highest BCUT2D eigenvalue weighted by atomic mass is 16.5. The molecular weight excluding hydrogens is 452 g/mol. The van der Waals surface area contributed by atoms with Gasteiger partial charge in [-0.15, -0.1) is 0 Å². The Hall–Kier alpha value is -4.13. The molecule has 0 bridgehead atoms. The first-order chi connectivity index (χ1) is 17.6. The number of carbonyl (C=O) groups excluding carboxylic acids is 2. The number of hydrogen-bond donors (Lipinski definition) is 3. The fraction of sp³-hybridized carbons (Fsp3) is 0.276. The third kappa shape index (κ3) is 5.40. The standard InChI is InChI=1S/C29H30N4O3/c1-2-36-24-15-13-23(14-16-24)31-28(34)20-10-8-19(9-11-20)27-32-25-17-12-21(18-26(25)33-27)29(35)30-22-6-4-3-5-7-22/h8-18,22H,2-7H2,1H3,(H,30,35)(H,31,34)(H,32,33). The van der Waals surface area contributed by atoms with Gasteiger partial charge in [-0.2, -0.15) is 0 Å². The highest BCUT2D eigenvalue weighted by molar-refractivity contribution is 6.04. The zero-order chi connectivity index (χ0) is 24.9. The summed E-state index contributed by atoms with van der Waals surface area (Å²) in [5.74, 6) is 1.22. The van der Waals surface area contributed by atoms with Gasteiger partial charge in [0.1, 0.15) is 11.6 Å². The lowest BCUT2D eigenvalue weighted by atomic mass is 9.95. The van der Waals surface area contributed by atoms with Crippen LogP contribution in [-0.2, 0) is 0 Å². The fourth-order valence-corrected chi connectivity index (χ4v) is 4.59. The number of hydrogen-bond acceptors (Lipinski definition) is 4. The van der Waals surface area contributed by atoms with Crippen LogP contribution in [0, 0.1) is 0 Å². The van der Waals surface area contributed by atoms with Gasteiger partial charge in [0.15, 0.2) is 0 Å². The number of aromatic amines is 1. The predicted molar refractivity (Wildman–Crippen MR) is 141 cm³/mol. The van der Waals surface area contributed by atoms with Crippen LogP contribution < -0.4 is 15.4 Å². The molecule has 2 amide bonds. The van der Waals surface area contributed by atoms with Crippen LogP contribution in [0.1, 0.15) is 59.7 Å². The van der Waals surface area contributed by atoms with Gasteiger partial charge in [0.05, 0.1) is 17.6 Å². The number of benzene rings is 3. The zero-order valence-corrected chi connectivity index (χ0v) is 20.3. The smallest absolute Gasteiger partial charge is 0.255 e. The first-order valence-corrected chi connectivity index (χ1v) is 12.5. The van der Waals surface area contributed by atoms with Gasteiger partial charge in [0.2, 0.25) is 0 Å². The van der Waals surface area contributed by atoms with E-state index in [1.54, 1.807) is 12.1 Å². The summed E-state index contributed by atoms with van der Waals surface area (Å²) in [5, 5.41) is 6.06. The van der Waals surface area contributed by atoms with Crippen LogP contribution in [-0.4, -0.2) is 34.4 Å². The van der Waals surface area contributed by atoms with Crippen LogP contribution in [0.2, 0.25) is 0 Å². The van der Waals surface area contributed by atoms with Crippen molar-refractivity contribution in [1.82, 2.24) is 15.3 Å². The topological polar surface area (TPSA) is 96.1 Å². The van der Waals surface area contributed by atoms with Crippen molar-refractivity contribution in [3.63, 3.8) is 0 Å². The molecule has 184 valence electrons. The maximum atomic E-state index is 12.7. The first kappa shape index (κ1) is 23.6. The number of H-pyrrole nitrogens is 1. The van der Waals surface area contributed by atoms with Gasteiger partial charge >= 0.3 is 0 Å². The second-order valence-corrected chi connectivity index (χ2v) is 9.11. The molecule has 3 aromatic carbocycles. The Balaban J connectivity index is 1.26. The number of ether oxygens (including phenoxy) is 1. The Labute approximate surface area is 210 Å². The number of nitrogens with zero attached hydrogens (tertiary/aromatic N) is 1. The molecule has 36 heavy (non-hydrogen) atoms. The molecule has 1 fully saturated rings. The molecule has 1 heterocycles. The lowest BCUT2D eigenvalue weighted by molar-refractivity contribution is 0.0927. The fourth-order valence-electron chi connectivity index (χ4n) is 4.59. The Morgan fingerprint density at radius 1 is 0.917 bits per heavy atom. The Bertz CT molecular complexity index is 1350. The number of amides is 2. The lowest BCUT2D eigenvalue weighted by Gasteiger charge is -2.22. The van der Waals surface area contributed by atoms with E-state index < -0.39 is 0 Å². The monoisotopic (exact) mass is 482 g/mol. The molecule has 1 saturated carbocycles. The highest BCUT2D eigenvalue weighted by Crippen LogP contribution is 2.23. The second-order valence-electron chi connectivity index (χ2n) is 9.11. The van der Waals surface area contributed by atoms with Gasteiger partial charge in [-0.3, -0.25) is 9.59 Å². The van der Waals surface area contributed by atoms with Gasteiger partial charge in [0.25, 0.3) is 11.8 Å². The minimum atomic E-state index is -0.191. The van der Waals surface area contributed by atoms with Crippen molar-refractivity contribution >= 4 is 28.5 Å². The molecule has 0 aliphatic heterocycles. The van der Waals surface area contributed by atoms with E-state index in [9.17, 15) is 9.59 Å². The molecule has 7 nitrogen and oxygen atoms in total. The van der Waals surface area contributed by atoms with Gasteiger partial charge < -0.3 is 20.4 Å². The number of nitrogens with one attached hydrogen (secondary N) is 3. The van der Waals surface area contributed by atoms with E-state index in [1.807, 2.05) is 61.5 Å². The molecule has 0 spiro atoms. The van der Waals surface area contributed by atoms with E-state index in [1.165, 1.54) is 19.3 Å². The van der Waals surface area contributed by atoms with Crippen molar-refractivity contribution in [3.05, 3.63) is 77.9 Å². The van der Waals surface area contributed by atoms with Crippen LogP contribution in [0.3, 0.4) is 0 Å². The van der Waals surface area contributed by atoms with E-state index in [2.05, 4.69) is 20.6 Å². The van der Waals surface area contributed by atoms with Gasteiger partial charge in [-0.1, -0.05) is 31.4 Å². The van der Waals surface area contributed by atoms with Crippen molar-refractivity contribution in [1.29, 1.82) is 0 Å². The molecule has 1 aliphatic carbocycles. The molecule has 3 N–H and O–H groups in total. The normalized spacial score (nSPS) is 13.9. The molecule has 0 saturated heterocycles. The van der Waals surface area contributed by atoms with Crippen molar-refractivity contribution in [2.45, 2.75) is 45.1 Å². The maximum absolute atomic E-state index is 12.7. The molecule has 1 aromatic heterocycles. The number of fused-ring (bicyclic) bond motifs is 1. The lowest BCUT2D eigenvalue weighted by Crippen LogP contribution is -2.36. The van der Waals surface area contributed by atoms with E-state index >= 15 is 0 Å². The van der Waals surface area contributed by atoms with Gasteiger partial charge in [0, 0.05) is 28.4 Å². The summed E-state index contributed by atoms with van der Waals surface area (Å²) in [4.78, 5) is 33.4. The van der Waals surface area contributed by atoms with Crippen molar-refractivity contribution < 1.29 is 14.3 Å². The Morgan fingerprint density at radius 2 is 1.64 bits per heavy atom. The third-order valence-electron chi connectivity index (χ3n) is 6.53. The van der Waals surface area contributed by atoms with Crippen LogP contribution in [0.15, 0.2) is 66.7 Å². The van der Waals surface area contributed by atoms with E-state index in [0.717, 1.165) is 35.2 Å². The average molecular weight is 483 g/mol. The van der Waals surface area contributed by atoms with E-state index in [-0.39, 0.29) is 17.9 Å². The van der Waals surface area contributed by atoms with Crippen molar-refractivity contribution in [3.8, 4) is 17.1 Å². The summed E-state index contributed by atoms with van der Waals surface area (Å²) in [6.07, 6.45) is 5.71. The molecule has 0 radical (unpaired) electrons. The molecule has 7 heteroatoms. The summed E-state index contributed by atoms with van der Waals surface area (Å²) in [5.41, 5.74) is 4.33. The average Bonchev–Trinajstić information content (AvgIpc) is 3.34. The van der Waals surface area contributed by atoms with E-state index in [4.69, 9.17) is 4.74 Å². The summed E-state index contributed by atoms with van der Waals surface area (Å²) < 4.78 is 5.44. The maximum Gasteiger partial charge on any atom is 0.255 e. The van der Waals surface area contributed by atoms with Crippen molar-refractivity contribution in [2.24, 2.45) is 0 Å². The first-order valence-electron chi connectivity index (χ1n) is 12.5. The minimum Gasteiger partial charge on any atom is -0.494 e. The summed E-state index contributed by atoms with van der Waals surface area (Å²) in [6, 6.07) is 20.4. The summed E-state index contributed by atoms with van der Waals surface area (Å²) >= 11 is 0. The Kier molecular flexibility index (Phi) is 6.98. The highest BCUT2D eigenvalue weighted by Gasteiger charge is 2.17. The largest absolute Gasteiger partial charge is 0.494 e. The molecule has 4 aromatic rings. The van der Waals surface area contributed by atoms with Gasteiger partial charge in [-0.05, 0) is 74.4 Å². The quantitative estimate of drug-likeness (QED) is 0.304. The molecule has 5 rings (SSSR count). The molecular formula is C29H30N4O3. The minimum absolute atomic E-state index is 0.0390. The summed E-state index contributed by atoms with van der Waals surface area (Å²) in [6.45, 7) is 2.53. The van der Waals surface area contributed by atoms with Crippen LogP contribution in [0.25, 0.3) is 22.4 Å². The third-order valence-corrected chi connectivity index (χ3v) is 6.53. The molecule has 1 aliphatic rings. The SMILES string of the molecule is CCOc1ccc(NC(=O)c2ccc(-c3nc4ccc(C(=O)NC5CCCCC5)cc4[nH]3)cc2)cc1. The second kappa shape index (κ2) is 10.6. The summed E-state index contributed by atoms with van der Waals surface area (Å²) in [7, 11) is 0. The van der Waals surface area contributed by atoms with Gasteiger partial charge in [-0.25, -0.2) is 4.98 Å². The number of carbonyl (C=O) groups is 2. The van der Waals surface area contributed by atoms with Crippen LogP contribution >= 0.6 is 0 Å². The molecule has 0 atom stereocenters. The number of rotatable bonds is 7. The zero-order valence-electron chi connectivity index (χ0n) is 20.3. The number of aromatic nitrogens is 2. The predicted octanol–water partition coefficient (Wildman–Crippen LogP) is 5.94. The van der Waals surface area contributed by atoms with E-state index in [0.29, 0.717) is 29.2 Å². The van der Waals surface area contributed by atoms with Crippen molar-refractivity contribution in [2.75, 3.05) is 11.9 Å². The number of anilines is 1. The van der Waals surface area contributed by atoms with Crippen LogP contribution in [0.4, 0.5) is 5.69 Å². The van der Waals surface area contributed by atoms with Crippen LogP contribution in [0.5, 0.6) is 5.75 Å². The molecule has 0 unspecified atom stereocenters. The number of imidazole rings is 1.